The third-order valence-electron chi connectivity index (χ3n) is 7.29. The monoisotopic (exact) mass is 539 g/mol. The van der Waals surface area contributed by atoms with Crippen LogP contribution in [0.1, 0.15) is 25.8 Å². The van der Waals surface area contributed by atoms with Crippen molar-refractivity contribution < 1.29 is 15.3 Å². The highest BCUT2D eigenvalue weighted by atomic mass is 79.9. The van der Waals surface area contributed by atoms with Crippen LogP contribution < -0.4 is 10.2 Å². The zero-order valence-corrected chi connectivity index (χ0v) is 20.7. The highest BCUT2D eigenvalue weighted by molar-refractivity contribution is 9.10. The molecule has 0 amide bonds. The molecule has 2 aliphatic rings. The predicted molar refractivity (Wildman–Crippen MR) is 135 cm³/mol. The number of aliphatic hydroxyl groups is 3. The molecule has 2 fully saturated rings. The molecule has 1 saturated heterocycles. The van der Waals surface area contributed by atoms with Crippen LogP contribution in [0.15, 0.2) is 47.5 Å². The Morgan fingerprint density at radius 2 is 2.00 bits per heavy atom. The summed E-state index contributed by atoms with van der Waals surface area (Å²) in [6.07, 6.45) is 1.93. The van der Waals surface area contributed by atoms with Crippen LogP contribution in [0.5, 0.6) is 0 Å². The number of halogens is 1. The van der Waals surface area contributed by atoms with Crippen molar-refractivity contribution in [3.63, 3.8) is 0 Å². The fourth-order valence-electron chi connectivity index (χ4n) is 5.30. The number of anilines is 2. The number of imidazole rings is 1. The molecule has 0 unspecified atom stereocenters. The second-order valence-corrected chi connectivity index (χ2v) is 10.5. The summed E-state index contributed by atoms with van der Waals surface area (Å²) in [4.78, 5) is 20.4. The van der Waals surface area contributed by atoms with Crippen molar-refractivity contribution in [2.24, 2.45) is 0 Å². The summed E-state index contributed by atoms with van der Waals surface area (Å²) in [6, 6.07) is 9.82. The van der Waals surface area contributed by atoms with Crippen LogP contribution in [-0.2, 0) is 0 Å². The Morgan fingerprint density at radius 3 is 2.80 bits per heavy atom. The molecular weight excluding hydrogens is 514 g/mol. The Kier molecular flexibility index (Phi) is 5.40. The van der Waals surface area contributed by atoms with E-state index in [0.717, 1.165) is 40.7 Å². The average Bonchev–Trinajstić information content (AvgIpc) is 3.53. The first-order chi connectivity index (χ1) is 16.8. The topological polar surface area (TPSA) is 132 Å². The lowest BCUT2D eigenvalue weighted by Crippen LogP contribution is -2.43. The van der Waals surface area contributed by atoms with Crippen molar-refractivity contribution in [3.05, 3.63) is 47.5 Å². The van der Waals surface area contributed by atoms with E-state index in [1.54, 1.807) is 10.9 Å². The standard InChI is InChI=1S/C24H26BrN7O3/c1-24(35)18(9-17(33)21(24)34)32-12-28-20-22(26-11-27-23(20)32)29-15-6-7-31(10-15)19-5-2-13-8-14(25)3-4-16(13)30-19/h2-5,8,11-12,15,17-18,21,33-35H,6-7,9-10H2,1H3,(H,26,27,29)/t15-,17+,18+,21-,24+/m0/s1. The molecular formula is C24H26BrN7O3. The van der Waals surface area contributed by atoms with E-state index in [9.17, 15) is 15.3 Å². The minimum atomic E-state index is -1.50. The van der Waals surface area contributed by atoms with E-state index in [1.807, 2.05) is 12.1 Å². The molecule has 35 heavy (non-hydrogen) atoms. The van der Waals surface area contributed by atoms with Gasteiger partial charge in [-0.25, -0.2) is 19.9 Å². The van der Waals surface area contributed by atoms with Crippen LogP contribution in [-0.4, -0.2) is 76.8 Å². The summed E-state index contributed by atoms with van der Waals surface area (Å²) < 4.78 is 2.76. The molecule has 4 aromatic rings. The van der Waals surface area contributed by atoms with E-state index in [4.69, 9.17) is 4.98 Å². The van der Waals surface area contributed by atoms with Crippen molar-refractivity contribution >= 4 is 49.6 Å². The molecule has 5 atom stereocenters. The fraction of sp³-hybridized carbons (Fsp3) is 0.417. The molecule has 1 aliphatic carbocycles. The van der Waals surface area contributed by atoms with Gasteiger partial charge in [0.25, 0.3) is 0 Å². The molecule has 1 aliphatic heterocycles. The van der Waals surface area contributed by atoms with Gasteiger partial charge in [0, 0.05) is 29.0 Å². The lowest BCUT2D eigenvalue weighted by atomic mass is 9.98. The molecule has 182 valence electrons. The Bertz CT molecular complexity index is 1410. The Balaban J connectivity index is 1.22. The van der Waals surface area contributed by atoms with Crippen LogP contribution in [0, 0.1) is 0 Å². The molecule has 0 radical (unpaired) electrons. The first-order valence-electron chi connectivity index (χ1n) is 11.6. The SMILES string of the molecule is C[C@]1(O)[C@@H](O)[C@H](O)C[C@H]1n1cnc2c(N[C@H]3CCN(c4ccc5cc(Br)ccc5n4)C3)ncnc21. The van der Waals surface area contributed by atoms with Crippen molar-refractivity contribution in [1.82, 2.24) is 24.5 Å². The minimum absolute atomic E-state index is 0.152. The van der Waals surface area contributed by atoms with E-state index >= 15 is 0 Å². The summed E-state index contributed by atoms with van der Waals surface area (Å²) in [7, 11) is 0. The van der Waals surface area contributed by atoms with Crippen LogP contribution in [0.2, 0.25) is 0 Å². The fourth-order valence-corrected chi connectivity index (χ4v) is 5.68. The van der Waals surface area contributed by atoms with E-state index in [2.05, 4.69) is 59.3 Å². The first kappa shape index (κ1) is 22.6. The summed E-state index contributed by atoms with van der Waals surface area (Å²) >= 11 is 3.51. The lowest BCUT2D eigenvalue weighted by molar-refractivity contribution is -0.0884. The van der Waals surface area contributed by atoms with E-state index in [-0.39, 0.29) is 12.5 Å². The van der Waals surface area contributed by atoms with Gasteiger partial charge in [-0.2, -0.15) is 0 Å². The highest BCUT2D eigenvalue weighted by Gasteiger charge is 2.51. The average molecular weight is 540 g/mol. The molecule has 4 N–H and O–H groups in total. The van der Waals surface area contributed by atoms with Gasteiger partial charge in [0.1, 0.15) is 29.4 Å². The number of benzene rings is 1. The van der Waals surface area contributed by atoms with E-state index < -0.39 is 23.9 Å². The van der Waals surface area contributed by atoms with E-state index in [1.165, 1.54) is 13.3 Å². The molecule has 10 nitrogen and oxygen atoms in total. The van der Waals surface area contributed by atoms with Crippen LogP contribution in [0.3, 0.4) is 0 Å². The molecule has 4 heterocycles. The van der Waals surface area contributed by atoms with Gasteiger partial charge in [-0.05, 0) is 50.1 Å². The molecule has 1 aromatic carbocycles. The van der Waals surface area contributed by atoms with Gasteiger partial charge >= 0.3 is 0 Å². The van der Waals surface area contributed by atoms with Crippen LogP contribution in [0.25, 0.3) is 22.1 Å². The number of aromatic nitrogens is 5. The largest absolute Gasteiger partial charge is 0.390 e. The minimum Gasteiger partial charge on any atom is -0.390 e. The quantitative estimate of drug-likeness (QED) is 0.308. The second-order valence-electron chi connectivity index (χ2n) is 9.62. The zero-order valence-electron chi connectivity index (χ0n) is 19.1. The summed E-state index contributed by atoms with van der Waals surface area (Å²) in [5.41, 5.74) is 0.599. The van der Waals surface area contributed by atoms with Crippen LogP contribution >= 0.6 is 15.9 Å². The van der Waals surface area contributed by atoms with Crippen molar-refractivity contribution in [2.75, 3.05) is 23.3 Å². The molecule has 1 saturated carbocycles. The van der Waals surface area contributed by atoms with Gasteiger partial charge in [-0.3, -0.25) is 0 Å². The van der Waals surface area contributed by atoms with Gasteiger partial charge in [0.15, 0.2) is 11.5 Å². The number of pyridine rings is 1. The van der Waals surface area contributed by atoms with Crippen LogP contribution in [0.4, 0.5) is 11.6 Å². The number of hydrogen-bond donors (Lipinski definition) is 4. The summed E-state index contributed by atoms with van der Waals surface area (Å²) in [5, 5.41) is 35.7. The van der Waals surface area contributed by atoms with Crippen molar-refractivity contribution in [1.29, 1.82) is 0 Å². The number of rotatable bonds is 4. The smallest absolute Gasteiger partial charge is 0.165 e. The maximum Gasteiger partial charge on any atom is 0.165 e. The van der Waals surface area contributed by atoms with Gasteiger partial charge in [-0.1, -0.05) is 15.9 Å². The Labute approximate surface area is 209 Å². The third kappa shape index (κ3) is 3.83. The van der Waals surface area contributed by atoms with Gasteiger partial charge in [-0.15, -0.1) is 0 Å². The maximum atomic E-state index is 10.8. The number of nitrogens with zero attached hydrogens (tertiary/aromatic N) is 6. The highest BCUT2D eigenvalue weighted by Crippen LogP contribution is 2.41. The number of fused-ring (bicyclic) bond motifs is 2. The lowest BCUT2D eigenvalue weighted by Gasteiger charge is -2.29. The summed E-state index contributed by atoms with van der Waals surface area (Å²) in [5.74, 6) is 1.57. The van der Waals surface area contributed by atoms with Gasteiger partial charge in [0.05, 0.1) is 24.0 Å². The Hall–Kier alpha value is -2.86. The molecule has 3 aromatic heterocycles. The summed E-state index contributed by atoms with van der Waals surface area (Å²) in [6.45, 7) is 3.17. The van der Waals surface area contributed by atoms with Crippen molar-refractivity contribution in [3.8, 4) is 0 Å². The molecule has 6 rings (SSSR count). The number of hydrogen-bond acceptors (Lipinski definition) is 9. The van der Waals surface area contributed by atoms with E-state index in [0.29, 0.717) is 17.0 Å². The van der Waals surface area contributed by atoms with Crippen molar-refractivity contribution in [2.45, 2.75) is 49.7 Å². The Morgan fingerprint density at radius 1 is 1.14 bits per heavy atom. The third-order valence-corrected chi connectivity index (χ3v) is 7.78. The number of aliphatic hydroxyl groups excluding tert-OH is 2. The molecule has 11 heteroatoms. The number of nitrogens with one attached hydrogen (secondary N) is 1. The first-order valence-corrected chi connectivity index (χ1v) is 12.4. The zero-order chi connectivity index (χ0) is 24.3. The molecule has 0 bridgehead atoms. The normalized spacial score (nSPS) is 28.9. The van der Waals surface area contributed by atoms with Gasteiger partial charge in [0.2, 0.25) is 0 Å². The predicted octanol–water partition coefficient (Wildman–Crippen LogP) is 2.25. The molecule has 0 spiro atoms. The second kappa shape index (κ2) is 8.37. The van der Waals surface area contributed by atoms with Gasteiger partial charge < -0.3 is 30.1 Å². The maximum absolute atomic E-state index is 10.8.